The fourth-order valence-electron chi connectivity index (χ4n) is 1.65. The van der Waals surface area contributed by atoms with E-state index in [9.17, 15) is 10.1 Å². The van der Waals surface area contributed by atoms with Crippen molar-refractivity contribution in [3.8, 4) is 0 Å². The lowest BCUT2D eigenvalue weighted by atomic mass is 10.1. The lowest BCUT2D eigenvalue weighted by molar-refractivity contribution is -0.384. The second-order valence-corrected chi connectivity index (χ2v) is 4.10. The Morgan fingerprint density at radius 2 is 2.17 bits per heavy atom. The molecule has 96 valence electrons. The van der Waals surface area contributed by atoms with Gasteiger partial charge < -0.3 is 9.47 Å². The van der Waals surface area contributed by atoms with Crippen molar-refractivity contribution in [3.05, 3.63) is 46.0 Å². The van der Waals surface area contributed by atoms with Gasteiger partial charge in [-0.05, 0) is 11.6 Å². The molecular weight excluding hydrogens is 258 g/mol. The lowest BCUT2D eigenvalue weighted by Gasteiger charge is -2.20. The molecular formula is C12H12ClNO4. The predicted octanol–water partition coefficient (Wildman–Crippen LogP) is 2.59. The van der Waals surface area contributed by atoms with Crippen LogP contribution in [0.5, 0.6) is 0 Å². The molecule has 0 aliphatic carbocycles. The Labute approximate surface area is 109 Å². The van der Waals surface area contributed by atoms with Crippen LogP contribution in [0.4, 0.5) is 5.69 Å². The van der Waals surface area contributed by atoms with Crippen LogP contribution < -0.4 is 0 Å². The third-order valence-electron chi connectivity index (χ3n) is 2.57. The van der Waals surface area contributed by atoms with Crippen LogP contribution in [0.1, 0.15) is 5.56 Å². The Bertz CT molecular complexity index is 469. The van der Waals surface area contributed by atoms with Gasteiger partial charge in [-0.2, -0.15) is 0 Å². The highest BCUT2D eigenvalue weighted by Gasteiger charge is 2.32. The first-order valence-electron chi connectivity index (χ1n) is 5.43. The summed E-state index contributed by atoms with van der Waals surface area (Å²) in [5.74, 6) is -0.732. The molecule has 0 spiro atoms. The van der Waals surface area contributed by atoms with Crippen LogP contribution in [0.15, 0.2) is 30.3 Å². The van der Waals surface area contributed by atoms with E-state index in [1.807, 2.05) is 0 Å². The van der Waals surface area contributed by atoms with E-state index in [2.05, 4.69) is 0 Å². The summed E-state index contributed by atoms with van der Waals surface area (Å²) in [4.78, 5) is 10.2. The number of hydrogen-bond donors (Lipinski definition) is 0. The van der Waals surface area contributed by atoms with E-state index < -0.39 is 10.7 Å². The second-order valence-electron chi connectivity index (χ2n) is 3.83. The van der Waals surface area contributed by atoms with Crippen LogP contribution in [0.3, 0.4) is 0 Å². The summed E-state index contributed by atoms with van der Waals surface area (Å²) >= 11 is 5.80. The van der Waals surface area contributed by atoms with Crippen molar-refractivity contribution in [1.29, 1.82) is 0 Å². The van der Waals surface area contributed by atoms with Crippen molar-refractivity contribution < 1.29 is 14.4 Å². The Morgan fingerprint density at radius 1 is 1.44 bits per heavy atom. The third kappa shape index (κ3) is 2.87. The number of nitro benzene ring substituents is 1. The number of alkyl halides is 1. The molecule has 0 radical (unpaired) electrons. The van der Waals surface area contributed by atoms with Gasteiger partial charge in [0.1, 0.15) is 0 Å². The highest BCUT2D eigenvalue weighted by molar-refractivity contribution is 6.18. The third-order valence-corrected chi connectivity index (χ3v) is 2.95. The zero-order valence-electron chi connectivity index (χ0n) is 9.54. The number of nitro groups is 1. The molecule has 1 aliphatic heterocycles. The van der Waals surface area contributed by atoms with Crippen LogP contribution in [0.25, 0.3) is 6.08 Å². The maximum Gasteiger partial charge on any atom is 0.270 e. The minimum absolute atomic E-state index is 0.0466. The number of non-ortho nitro benzene ring substituents is 1. The Balaban J connectivity index is 2.17. The summed E-state index contributed by atoms with van der Waals surface area (Å²) in [7, 11) is 0. The number of rotatable bonds is 4. The molecule has 0 bridgehead atoms. The van der Waals surface area contributed by atoms with Gasteiger partial charge in [-0.25, -0.2) is 0 Å². The van der Waals surface area contributed by atoms with Gasteiger partial charge in [0, 0.05) is 12.1 Å². The minimum Gasteiger partial charge on any atom is -0.343 e. The monoisotopic (exact) mass is 269 g/mol. The maximum absolute atomic E-state index is 10.6. The van der Waals surface area contributed by atoms with Crippen LogP contribution in [-0.2, 0) is 9.47 Å². The van der Waals surface area contributed by atoms with E-state index in [0.717, 1.165) is 0 Å². The molecule has 0 saturated carbocycles. The number of hydrogen-bond acceptors (Lipinski definition) is 4. The highest BCUT2D eigenvalue weighted by Crippen LogP contribution is 2.24. The van der Waals surface area contributed by atoms with Crippen molar-refractivity contribution in [2.24, 2.45) is 0 Å². The SMILES string of the molecule is O=[N+]([O-])c1cccc(/C=C\C2(CCl)OCCO2)c1. The van der Waals surface area contributed by atoms with Crippen molar-refractivity contribution in [1.82, 2.24) is 0 Å². The first kappa shape index (κ1) is 13.0. The number of benzene rings is 1. The van der Waals surface area contributed by atoms with Gasteiger partial charge in [0.05, 0.1) is 24.0 Å². The van der Waals surface area contributed by atoms with Gasteiger partial charge in [0.15, 0.2) is 0 Å². The molecule has 6 heteroatoms. The average Bonchev–Trinajstić information content (AvgIpc) is 2.86. The largest absolute Gasteiger partial charge is 0.343 e. The molecule has 0 atom stereocenters. The normalized spacial score (nSPS) is 18.3. The molecule has 0 amide bonds. The van der Waals surface area contributed by atoms with Gasteiger partial charge in [-0.1, -0.05) is 18.2 Å². The summed E-state index contributed by atoms with van der Waals surface area (Å²) < 4.78 is 10.8. The molecule has 5 nitrogen and oxygen atoms in total. The van der Waals surface area contributed by atoms with Gasteiger partial charge in [-0.3, -0.25) is 10.1 Å². The minimum atomic E-state index is -0.911. The zero-order chi connectivity index (χ0) is 13.0. The van der Waals surface area contributed by atoms with E-state index >= 15 is 0 Å². The second kappa shape index (κ2) is 5.48. The molecule has 0 aromatic heterocycles. The summed E-state index contributed by atoms with van der Waals surface area (Å²) in [6.45, 7) is 0.984. The van der Waals surface area contributed by atoms with Crippen LogP contribution in [0, 0.1) is 10.1 Å². The fraction of sp³-hybridized carbons (Fsp3) is 0.333. The molecule has 1 aromatic carbocycles. The first-order valence-corrected chi connectivity index (χ1v) is 5.96. The van der Waals surface area contributed by atoms with Crippen molar-refractivity contribution in [3.63, 3.8) is 0 Å². The van der Waals surface area contributed by atoms with E-state index in [1.165, 1.54) is 12.1 Å². The van der Waals surface area contributed by atoms with Gasteiger partial charge in [-0.15, -0.1) is 11.6 Å². The summed E-state index contributed by atoms with van der Waals surface area (Å²) in [6, 6.07) is 6.31. The summed E-state index contributed by atoms with van der Waals surface area (Å²) in [5, 5.41) is 10.6. The predicted molar refractivity (Wildman–Crippen MR) is 67.5 cm³/mol. The molecule has 1 saturated heterocycles. The maximum atomic E-state index is 10.6. The van der Waals surface area contributed by atoms with Crippen molar-refractivity contribution in [2.75, 3.05) is 19.1 Å². The van der Waals surface area contributed by atoms with E-state index in [4.69, 9.17) is 21.1 Å². The molecule has 0 N–H and O–H groups in total. The molecule has 1 aromatic rings. The van der Waals surface area contributed by atoms with E-state index in [0.29, 0.717) is 18.8 Å². The number of ether oxygens (including phenoxy) is 2. The number of nitrogens with zero attached hydrogens (tertiary/aromatic N) is 1. The fourth-order valence-corrected chi connectivity index (χ4v) is 1.90. The Hall–Kier alpha value is -1.43. The van der Waals surface area contributed by atoms with Gasteiger partial charge in [0.2, 0.25) is 5.79 Å². The zero-order valence-corrected chi connectivity index (χ0v) is 10.3. The molecule has 2 rings (SSSR count). The van der Waals surface area contributed by atoms with Crippen LogP contribution in [-0.4, -0.2) is 29.8 Å². The van der Waals surface area contributed by atoms with E-state index in [-0.39, 0.29) is 11.6 Å². The summed E-state index contributed by atoms with van der Waals surface area (Å²) in [6.07, 6.45) is 3.40. The highest BCUT2D eigenvalue weighted by atomic mass is 35.5. The van der Waals surface area contributed by atoms with Crippen molar-refractivity contribution >= 4 is 23.4 Å². The van der Waals surface area contributed by atoms with Crippen molar-refractivity contribution in [2.45, 2.75) is 5.79 Å². The van der Waals surface area contributed by atoms with Crippen LogP contribution in [0.2, 0.25) is 0 Å². The summed E-state index contributed by atoms with van der Waals surface area (Å²) in [5.41, 5.74) is 0.748. The van der Waals surface area contributed by atoms with E-state index in [1.54, 1.807) is 24.3 Å². The first-order chi connectivity index (χ1) is 8.65. The Kier molecular flexibility index (Phi) is 3.96. The molecule has 1 fully saturated rings. The topological polar surface area (TPSA) is 61.6 Å². The standard InChI is InChI=1S/C12H12ClNO4/c13-9-12(17-6-7-18-12)5-4-10-2-1-3-11(8-10)14(15)16/h1-5,8H,6-7,9H2/b5-4-. The van der Waals surface area contributed by atoms with Crippen LogP contribution >= 0.6 is 11.6 Å². The lowest BCUT2D eigenvalue weighted by Crippen LogP contribution is -2.29. The molecule has 1 aliphatic rings. The smallest absolute Gasteiger partial charge is 0.270 e. The number of halogens is 1. The molecule has 0 unspecified atom stereocenters. The molecule has 1 heterocycles. The van der Waals surface area contributed by atoms with Gasteiger partial charge in [0.25, 0.3) is 5.69 Å². The Morgan fingerprint density at radius 3 is 2.78 bits per heavy atom. The van der Waals surface area contributed by atoms with Gasteiger partial charge >= 0.3 is 0 Å². The average molecular weight is 270 g/mol. The quantitative estimate of drug-likeness (QED) is 0.479. The molecule has 18 heavy (non-hydrogen) atoms.